The zero-order chi connectivity index (χ0) is 20.6. The van der Waals surface area contributed by atoms with E-state index in [4.69, 9.17) is 0 Å². The van der Waals surface area contributed by atoms with Crippen LogP contribution >= 0.6 is 11.3 Å². The smallest absolute Gasteiger partial charge is 0.339 e. The first-order valence-corrected chi connectivity index (χ1v) is 9.20. The molecule has 11 heteroatoms. The molecule has 0 aliphatic heterocycles. The molecule has 1 aromatic carbocycles. The molecular weight excluding hydrogens is 405 g/mol. The van der Waals surface area contributed by atoms with Gasteiger partial charge in [-0.3, -0.25) is 10.1 Å². The number of pyridine rings is 1. The molecule has 3 aromatic heterocycles. The predicted molar refractivity (Wildman–Crippen MR) is 105 cm³/mol. The number of H-pyrrole nitrogens is 1. The Morgan fingerprint density at radius 2 is 1.79 bits per heavy atom. The highest BCUT2D eigenvalue weighted by Crippen LogP contribution is 2.31. The number of aromatic nitrogens is 4. The largest absolute Gasteiger partial charge is 0.416 e. The average Bonchev–Trinajstić information content (AvgIpc) is 3.06. The Hall–Kier alpha value is -3.47. The Morgan fingerprint density at radius 1 is 1.03 bits per heavy atom. The normalized spacial score (nSPS) is 11.6. The third-order valence-corrected chi connectivity index (χ3v) is 4.81. The molecule has 3 heterocycles. The second kappa shape index (κ2) is 7.17. The highest BCUT2D eigenvalue weighted by molar-refractivity contribution is 7.13. The number of rotatable bonds is 4. The topological polar surface area (TPSA) is 95.6 Å². The van der Waals surface area contributed by atoms with E-state index in [9.17, 15) is 18.0 Å². The summed E-state index contributed by atoms with van der Waals surface area (Å²) in [6.45, 7) is 1.85. The van der Waals surface area contributed by atoms with E-state index >= 15 is 0 Å². The van der Waals surface area contributed by atoms with Gasteiger partial charge in [-0.15, -0.1) is 11.3 Å². The zero-order valence-electron chi connectivity index (χ0n) is 14.8. The van der Waals surface area contributed by atoms with Crippen molar-refractivity contribution >= 4 is 44.8 Å². The molecule has 7 nitrogen and oxygen atoms in total. The van der Waals surface area contributed by atoms with Gasteiger partial charge in [0, 0.05) is 17.3 Å². The van der Waals surface area contributed by atoms with E-state index < -0.39 is 17.3 Å². The van der Waals surface area contributed by atoms with E-state index in [1.165, 1.54) is 29.7 Å². The molecule has 4 aromatic rings. The van der Waals surface area contributed by atoms with Crippen LogP contribution in [0.4, 0.5) is 35.8 Å². The van der Waals surface area contributed by atoms with Gasteiger partial charge < -0.3 is 10.3 Å². The predicted octanol–water partition coefficient (Wildman–Crippen LogP) is 4.59. The number of thiazole rings is 1. The van der Waals surface area contributed by atoms with Crippen LogP contribution in [0, 0.1) is 6.92 Å². The van der Waals surface area contributed by atoms with Crippen LogP contribution in [-0.4, -0.2) is 19.9 Å². The number of halogens is 3. The highest BCUT2D eigenvalue weighted by Gasteiger charge is 2.30. The summed E-state index contributed by atoms with van der Waals surface area (Å²) in [5.74, 6) is 0.360. The van der Waals surface area contributed by atoms with E-state index in [1.807, 2.05) is 12.3 Å². The Labute approximate surface area is 165 Å². The maximum absolute atomic E-state index is 12.8. The van der Waals surface area contributed by atoms with E-state index in [1.54, 1.807) is 6.07 Å². The van der Waals surface area contributed by atoms with Crippen molar-refractivity contribution in [2.24, 2.45) is 0 Å². The standard InChI is InChI=1S/C18H13F3N6OS/c1-9-8-29-17(23-9)27-16-25-12-6-7-22-15(28)13(12)14(26-16)24-11-4-2-10(3-5-11)18(19,20)21/h2-8H,1H3,(H,22,28)(H2,23,24,25,26,27). The Morgan fingerprint density at radius 3 is 2.45 bits per heavy atom. The summed E-state index contributed by atoms with van der Waals surface area (Å²) in [5.41, 5.74) is 0.354. The Bertz CT molecular complexity index is 1230. The van der Waals surface area contributed by atoms with Gasteiger partial charge >= 0.3 is 6.18 Å². The maximum Gasteiger partial charge on any atom is 0.416 e. The number of nitrogens with zero attached hydrogens (tertiary/aromatic N) is 3. The van der Waals surface area contributed by atoms with Gasteiger partial charge in [-0.1, -0.05) is 0 Å². The number of fused-ring (bicyclic) bond motifs is 1. The zero-order valence-corrected chi connectivity index (χ0v) is 15.6. The summed E-state index contributed by atoms with van der Waals surface area (Å²) in [6.07, 6.45) is -2.98. The highest BCUT2D eigenvalue weighted by atomic mass is 32.1. The number of nitrogens with one attached hydrogen (secondary N) is 3. The van der Waals surface area contributed by atoms with Crippen LogP contribution in [-0.2, 0) is 6.18 Å². The first-order chi connectivity index (χ1) is 13.8. The first kappa shape index (κ1) is 18.9. The second-order valence-corrected chi connectivity index (χ2v) is 6.94. The van der Waals surface area contributed by atoms with E-state index in [-0.39, 0.29) is 17.2 Å². The van der Waals surface area contributed by atoms with Crippen molar-refractivity contribution in [3.05, 3.63) is 63.5 Å². The minimum Gasteiger partial charge on any atom is -0.339 e. The number of benzene rings is 1. The van der Waals surface area contributed by atoms with Crippen LogP contribution in [0.3, 0.4) is 0 Å². The van der Waals surface area contributed by atoms with E-state index in [0.717, 1.165) is 17.8 Å². The summed E-state index contributed by atoms with van der Waals surface area (Å²) in [7, 11) is 0. The summed E-state index contributed by atoms with van der Waals surface area (Å²) >= 11 is 1.37. The fourth-order valence-electron chi connectivity index (χ4n) is 2.62. The first-order valence-electron chi connectivity index (χ1n) is 8.32. The fourth-order valence-corrected chi connectivity index (χ4v) is 3.31. The molecule has 0 saturated heterocycles. The van der Waals surface area contributed by atoms with Gasteiger partial charge in [-0.25, -0.2) is 9.97 Å². The van der Waals surface area contributed by atoms with Gasteiger partial charge in [0.15, 0.2) is 5.13 Å². The summed E-state index contributed by atoms with van der Waals surface area (Å²) in [5, 5.41) is 8.50. The minimum absolute atomic E-state index is 0.160. The van der Waals surface area contributed by atoms with Gasteiger partial charge in [-0.05, 0) is 37.3 Å². The maximum atomic E-state index is 12.8. The molecule has 29 heavy (non-hydrogen) atoms. The molecule has 0 unspecified atom stereocenters. The van der Waals surface area contributed by atoms with Crippen molar-refractivity contribution in [2.45, 2.75) is 13.1 Å². The molecule has 0 atom stereocenters. The second-order valence-electron chi connectivity index (χ2n) is 6.08. The lowest BCUT2D eigenvalue weighted by Crippen LogP contribution is -2.11. The molecule has 4 rings (SSSR count). The summed E-state index contributed by atoms with van der Waals surface area (Å²) in [6, 6.07) is 6.05. The Kier molecular flexibility index (Phi) is 4.66. The van der Waals surface area contributed by atoms with Crippen LogP contribution in [0.1, 0.15) is 11.3 Å². The quantitative estimate of drug-likeness (QED) is 0.449. The van der Waals surface area contributed by atoms with Crippen LogP contribution in [0.2, 0.25) is 0 Å². The lowest BCUT2D eigenvalue weighted by molar-refractivity contribution is -0.137. The number of alkyl halides is 3. The summed E-state index contributed by atoms with van der Waals surface area (Å²) < 4.78 is 38.3. The number of hydrogen-bond donors (Lipinski definition) is 3. The van der Waals surface area contributed by atoms with Gasteiger partial charge in [0.25, 0.3) is 5.56 Å². The minimum atomic E-state index is -4.43. The number of aryl methyl sites for hydroxylation is 1. The lowest BCUT2D eigenvalue weighted by atomic mass is 10.2. The van der Waals surface area contributed by atoms with Crippen molar-refractivity contribution < 1.29 is 13.2 Å². The molecule has 0 fully saturated rings. The lowest BCUT2D eigenvalue weighted by Gasteiger charge is -2.12. The molecular formula is C18H13F3N6OS. The third-order valence-electron chi connectivity index (χ3n) is 3.93. The molecule has 0 amide bonds. The molecule has 148 valence electrons. The van der Waals surface area contributed by atoms with E-state index in [2.05, 4.69) is 30.6 Å². The molecule has 0 aliphatic carbocycles. The molecule has 0 spiro atoms. The van der Waals surface area contributed by atoms with Gasteiger partial charge in [0.05, 0.1) is 16.8 Å². The molecule has 3 N–H and O–H groups in total. The van der Waals surface area contributed by atoms with Crippen molar-refractivity contribution in [3.8, 4) is 0 Å². The van der Waals surface area contributed by atoms with Crippen molar-refractivity contribution in [2.75, 3.05) is 10.6 Å². The molecule has 0 bridgehead atoms. The van der Waals surface area contributed by atoms with Crippen LogP contribution in [0.25, 0.3) is 10.9 Å². The fraction of sp³-hybridized carbons (Fsp3) is 0.111. The van der Waals surface area contributed by atoms with Gasteiger partial charge in [0.2, 0.25) is 5.95 Å². The number of hydrogen-bond acceptors (Lipinski definition) is 7. The van der Waals surface area contributed by atoms with Crippen LogP contribution < -0.4 is 16.2 Å². The van der Waals surface area contributed by atoms with Crippen molar-refractivity contribution in [1.29, 1.82) is 0 Å². The SMILES string of the molecule is Cc1csc(Nc2nc(Nc3ccc(C(F)(F)F)cc3)c3c(=O)[nH]ccc3n2)n1. The number of anilines is 4. The molecule has 0 aliphatic rings. The molecule has 0 saturated carbocycles. The Balaban J connectivity index is 1.74. The van der Waals surface area contributed by atoms with E-state index in [0.29, 0.717) is 16.3 Å². The number of aromatic amines is 1. The van der Waals surface area contributed by atoms with Crippen molar-refractivity contribution in [3.63, 3.8) is 0 Å². The average molecular weight is 418 g/mol. The third kappa shape index (κ3) is 4.04. The molecule has 0 radical (unpaired) electrons. The van der Waals surface area contributed by atoms with Gasteiger partial charge in [-0.2, -0.15) is 18.2 Å². The van der Waals surface area contributed by atoms with Gasteiger partial charge in [0.1, 0.15) is 11.2 Å². The van der Waals surface area contributed by atoms with Crippen LogP contribution in [0.15, 0.2) is 46.7 Å². The monoisotopic (exact) mass is 418 g/mol. The van der Waals surface area contributed by atoms with Crippen LogP contribution in [0.5, 0.6) is 0 Å². The van der Waals surface area contributed by atoms with Crippen molar-refractivity contribution in [1.82, 2.24) is 19.9 Å². The summed E-state index contributed by atoms with van der Waals surface area (Å²) in [4.78, 5) is 27.8.